The van der Waals surface area contributed by atoms with Gasteiger partial charge in [-0.1, -0.05) is 42.5 Å². The van der Waals surface area contributed by atoms with Crippen LogP contribution in [0.1, 0.15) is 30.9 Å². The van der Waals surface area contributed by atoms with E-state index in [1.807, 2.05) is 35.5 Å². The van der Waals surface area contributed by atoms with Crippen molar-refractivity contribution < 1.29 is 4.79 Å². The van der Waals surface area contributed by atoms with Crippen molar-refractivity contribution in [3.05, 3.63) is 72.2 Å². The molecule has 6 heteroatoms. The van der Waals surface area contributed by atoms with Gasteiger partial charge < -0.3 is 9.80 Å². The van der Waals surface area contributed by atoms with Crippen LogP contribution >= 0.6 is 0 Å². The normalized spacial score (nSPS) is 27.1. The molecule has 4 unspecified atom stereocenters. The van der Waals surface area contributed by atoms with E-state index in [1.54, 1.807) is 0 Å². The molecule has 1 fully saturated rings. The van der Waals surface area contributed by atoms with Crippen LogP contribution in [0.5, 0.6) is 0 Å². The van der Waals surface area contributed by atoms with E-state index in [-0.39, 0.29) is 17.9 Å². The van der Waals surface area contributed by atoms with Crippen molar-refractivity contribution in [2.24, 2.45) is 17.8 Å². The first-order valence-electron chi connectivity index (χ1n) is 11.2. The number of aryl methyl sites for hydroxylation is 1. The molecule has 3 aliphatic rings. The molecular weight excluding hydrogens is 386 g/mol. The van der Waals surface area contributed by atoms with Crippen LogP contribution in [0.4, 0.5) is 0 Å². The highest BCUT2D eigenvalue weighted by molar-refractivity contribution is 5.93. The molecule has 6 nitrogen and oxygen atoms in total. The number of amides is 1. The fraction of sp³-hybridized carbons (Fsp3) is 0.400. The summed E-state index contributed by atoms with van der Waals surface area (Å²) in [4.78, 5) is 16.9. The van der Waals surface area contributed by atoms with Crippen molar-refractivity contribution in [3.8, 4) is 0 Å². The van der Waals surface area contributed by atoms with Crippen molar-refractivity contribution in [2.45, 2.75) is 32.2 Å². The van der Waals surface area contributed by atoms with E-state index in [1.165, 1.54) is 11.1 Å². The van der Waals surface area contributed by atoms with Crippen LogP contribution < -0.4 is 0 Å². The molecule has 1 aromatic carbocycles. The molecule has 0 spiro atoms. The molecule has 31 heavy (non-hydrogen) atoms. The van der Waals surface area contributed by atoms with Gasteiger partial charge in [-0.05, 0) is 36.8 Å². The lowest BCUT2D eigenvalue weighted by molar-refractivity contribution is -0.131. The monoisotopic (exact) mass is 415 g/mol. The smallest absolute Gasteiger partial charge is 0.223 e. The maximum Gasteiger partial charge on any atom is 0.223 e. The minimum Gasteiger partial charge on any atom is -0.340 e. The lowest BCUT2D eigenvalue weighted by Gasteiger charge is -2.24. The van der Waals surface area contributed by atoms with Gasteiger partial charge in [0.15, 0.2) is 0 Å². The van der Waals surface area contributed by atoms with Crippen LogP contribution in [0.25, 0.3) is 5.57 Å². The maximum atomic E-state index is 12.8. The lowest BCUT2D eigenvalue weighted by atomic mass is 9.98. The van der Waals surface area contributed by atoms with E-state index >= 15 is 0 Å². The number of aromatic amines is 1. The molecule has 0 bridgehead atoms. The topological polar surface area (TPSA) is 76.1 Å². The predicted octanol–water partition coefficient (Wildman–Crippen LogP) is 3.72. The molecule has 5 rings (SSSR count). The molecule has 3 heterocycles. The van der Waals surface area contributed by atoms with Crippen LogP contribution in [0.3, 0.4) is 0 Å². The number of carbonyl (C=O) groups is 1. The van der Waals surface area contributed by atoms with Crippen LogP contribution in [0, 0.1) is 23.2 Å². The summed E-state index contributed by atoms with van der Waals surface area (Å²) in [5, 5.41) is 15.6. The number of allylic oxidation sites excluding steroid dienone is 2. The van der Waals surface area contributed by atoms with Crippen molar-refractivity contribution >= 4 is 17.3 Å². The number of nitrogens with zero attached hydrogens (tertiary/aromatic N) is 3. The van der Waals surface area contributed by atoms with Gasteiger partial charge in [0.2, 0.25) is 5.91 Å². The van der Waals surface area contributed by atoms with Gasteiger partial charge in [-0.25, -0.2) is 0 Å². The number of rotatable bonds is 7. The van der Waals surface area contributed by atoms with E-state index in [2.05, 4.69) is 52.5 Å². The van der Waals surface area contributed by atoms with Gasteiger partial charge in [-0.3, -0.25) is 15.3 Å². The second-order valence-electron chi connectivity index (χ2n) is 9.02. The van der Waals surface area contributed by atoms with Crippen molar-refractivity contribution in [2.75, 3.05) is 13.1 Å². The summed E-state index contributed by atoms with van der Waals surface area (Å²) >= 11 is 0. The zero-order chi connectivity index (χ0) is 21.4. The summed E-state index contributed by atoms with van der Waals surface area (Å²) in [6.07, 6.45) is 12.6. The zero-order valence-electron chi connectivity index (χ0n) is 17.9. The molecule has 2 N–H and O–H groups in total. The molecule has 0 radical (unpaired) electrons. The molecule has 1 aliphatic carbocycles. The average molecular weight is 416 g/mol. The van der Waals surface area contributed by atoms with Gasteiger partial charge in [0.25, 0.3) is 0 Å². The van der Waals surface area contributed by atoms with Crippen LogP contribution in [0.15, 0.2) is 61.1 Å². The molecule has 1 amide bonds. The Hall–Kier alpha value is -3.15. The Kier molecular flexibility index (Phi) is 5.22. The lowest BCUT2D eigenvalue weighted by Crippen LogP contribution is -2.35. The van der Waals surface area contributed by atoms with E-state index in [0.717, 1.165) is 31.5 Å². The largest absolute Gasteiger partial charge is 0.340 e. The second kappa shape index (κ2) is 8.17. The number of amidine groups is 1. The second-order valence-corrected chi connectivity index (χ2v) is 9.02. The molecule has 2 aliphatic heterocycles. The first-order chi connectivity index (χ1) is 15.1. The minimum atomic E-state index is 0.118. The standard InChI is InChI=1S/C25H29N5O/c1-17-11-19(16-30(17)24(31)8-7-18-5-3-2-4-6-18)15-29-10-9-21(25(29)26)23-12-22(23)20-13-27-28-14-20/h2-6,9-10,12-14,17,19,21,23,26H,7-8,11,15-16H2,1H3,(H,27,28). The molecule has 4 atom stereocenters. The Morgan fingerprint density at radius 1 is 1.26 bits per heavy atom. The minimum absolute atomic E-state index is 0.118. The summed E-state index contributed by atoms with van der Waals surface area (Å²) in [6, 6.07) is 10.5. The number of likely N-dealkylation sites (tertiary alicyclic amines) is 1. The maximum absolute atomic E-state index is 12.8. The van der Waals surface area contributed by atoms with Crippen LogP contribution in [-0.2, 0) is 11.2 Å². The summed E-state index contributed by atoms with van der Waals surface area (Å²) in [5.41, 5.74) is 3.61. The van der Waals surface area contributed by atoms with Gasteiger partial charge in [0.1, 0.15) is 5.84 Å². The number of H-pyrrole nitrogens is 1. The van der Waals surface area contributed by atoms with E-state index in [9.17, 15) is 4.79 Å². The zero-order valence-corrected chi connectivity index (χ0v) is 17.9. The number of carbonyl (C=O) groups excluding carboxylic acids is 1. The van der Waals surface area contributed by atoms with Crippen molar-refractivity contribution in [1.82, 2.24) is 20.0 Å². The van der Waals surface area contributed by atoms with Gasteiger partial charge in [0.05, 0.1) is 6.20 Å². The quantitative estimate of drug-likeness (QED) is 0.724. The molecule has 2 aromatic rings. The Labute approximate surface area is 183 Å². The summed E-state index contributed by atoms with van der Waals surface area (Å²) in [6.45, 7) is 3.76. The molecular formula is C25H29N5O. The van der Waals surface area contributed by atoms with Gasteiger partial charge in [0, 0.05) is 55.3 Å². The molecule has 1 saturated heterocycles. The fourth-order valence-electron chi connectivity index (χ4n) is 5.09. The number of hydrogen-bond acceptors (Lipinski definition) is 3. The third kappa shape index (κ3) is 4.07. The first kappa shape index (κ1) is 19.8. The molecule has 160 valence electrons. The Balaban J connectivity index is 1.12. The first-order valence-corrected chi connectivity index (χ1v) is 11.2. The number of aromatic nitrogens is 2. The third-order valence-corrected chi connectivity index (χ3v) is 6.83. The summed E-state index contributed by atoms with van der Waals surface area (Å²) in [7, 11) is 0. The highest BCUT2D eigenvalue weighted by atomic mass is 16.2. The van der Waals surface area contributed by atoms with Gasteiger partial charge in [-0.15, -0.1) is 0 Å². The van der Waals surface area contributed by atoms with Crippen molar-refractivity contribution in [1.29, 1.82) is 5.41 Å². The molecule has 1 aromatic heterocycles. The van der Waals surface area contributed by atoms with Crippen LogP contribution in [-0.4, -0.2) is 50.9 Å². The highest BCUT2D eigenvalue weighted by Crippen LogP contribution is 2.46. The van der Waals surface area contributed by atoms with Crippen molar-refractivity contribution in [3.63, 3.8) is 0 Å². The summed E-state index contributed by atoms with van der Waals surface area (Å²) in [5.74, 6) is 1.74. The Morgan fingerprint density at radius 2 is 2.10 bits per heavy atom. The average Bonchev–Trinajstić information content (AvgIpc) is 3.09. The Bertz CT molecular complexity index is 1010. The van der Waals surface area contributed by atoms with Crippen LogP contribution in [0.2, 0.25) is 0 Å². The third-order valence-electron chi connectivity index (χ3n) is 6.83. The van der Waals surface area contributed by atoms with Gasteiger partial charge in [-0.2, -0.15) is 5.10 Å². The fourth-order valence-corrected chi connectivity index (χ4v) is 5.09. The van der Waals surface area contributed by atoms with Gasteiger partial charge >= 0.3 is 0 Å². The van der Waals surface area contributed by atoms with E-state index in [0.29, 0.717) is 24.1 Å². The highest BCUT2D eigenvalue weighted by Gasteiger charge is 2.40. The molecule has 0 saturated carbocycles. The SMILES string of the molecule is CC1CC(CN2C=CC(C3C=C3c3cn[nH]c3)C2=N)CN1C(=O)CCc1ccccc1. The van der Waals surface area contributed by atoms with E-state index in [4.69, 9.17) is 5.41 Å². The summed E-state index contributed by atoms with van der Waals surface area (Å²) < 4.78 is 0. The number of hydrogen-bond donors (Lipinski definition) is 2. The number of benzene rings is 1. The predicted molar refractivity (Wildman–Crippen MR) is 121 cm³/mol. The van der Waals surface area contributed by atoms with E-state index < -0.39 is 0 Å². The Morgan fingerprint density at radius 3 is 2.87 bits per heavy atom. The number of nitrogens with one attached hydrogen (secondary N) is 2.